The van der Waals surface area contributed by atoms with Crippen LogP contribution in [0.1, 0.15) is 27.9 Å². The summed E-state index contributed by atoms with van der Waals surface area (Å²) in [5.41, 5.74) is 5.46. The first-order valence-electron chi connectivity index (χ1n) is 6.94. The highest BCUT2D eigenvalue weighted by Crippen LogP contribution is 2.36. The number of hydrogen-bond donors (Lipinski definition) is 0. The van der Waals surface area contributed by atoms with Gasteiger partial charge in [0.1, 0.15) is 6.61 Å². The van der Waals surface area contributed by atoms with Gasteiger partial charge in [-0.25, -0.2) is 0 Å². The molecule has 0 aromatic heterocycles. The molecule has 0 bridgehead atoms. The van der Waals surface area contributed by atoms with Crippen molar-refractivity contribution in [3.05, 3.63) is 59.2 Å². The number of hydrogen-bond acceptors (Lipinski definition) is 3. The fourth-order valence-corrected chi connectivity index (χ4v) is 2.81. The van der Waals surface area contributed by atoms with E-state index in [1.165, 1.54) is 23.8 Å². The summed E-state index contributed by atoms with van der Waals surface area (Å²) in [6, 6.07) is 14.0. The molecule has 0 spiro atoms. The second-order valence-corrected chi connectivity index (χ2v) is 5.28. The van der Waals surface area contributed by atoms with Gasteiger partial charge in [-0.1, -0.05) is 36.4 Å². The second-order valence-electron chi connectivity index (χ2n) is 5.28. The summed E-state index contributed by atoms with van der Waals surface area (Å²) >= 11 is 0. The highest BCUT2D eigenvalue weighted by molar-refractivity contribution is 6.08. The topological polar surface area (TPSA) is 43.4 Å². The summed E-state index contributed by atoms with van der Waals surface area (Å²) in [5.74, 6) is -0.331. The average Bonchev–Trinajstić information content (AvgIpc) is 2.85. The lowest BCUT2D eigenvalue weighted by Gasteiger charge is -2.04. The largest absolute Gasteiger partial charge is 0.377 e. The molecule has 3 nitrogen and oxygen atoms in total. The van der Waals surface area contributed by atoms with E-state index in [-0.39, 0.29) is 24.6 Å². The first-order valence-corrected chi connectivity index (χ1v) is 6.94. The van der Waals surface area contributed by atoms with Crippen molar-refractivity contribution in [2.24, 2.45) is 0 Å². The molecule has 0 fully saturated rings. The van der Waals surface area contributed by atoms with Gasteiger partial charge in [0.25, 0.3) is 0 Å². The summed E-state index contributed by atoms with van der Waals surface area (Å²) in [5, 5.41) is 0. The number of carbonyl (C=O) groups excluding carboxylic acids is 2. The van der Waals surface area contributed by atoms with Crippen molar-refractivity contribution >= 4 is 11.6 Å². The van der Waals surface area contributed by atoms with Gasteiger partial charge in [0.15, 0.2) is 11.6 Å². The van der Waals surface area contributed by atoms with Crippen LogP contribution in [0.2, 0.25) is 0 Å². The Bertz CT molecular complexity index is 716. The normalized spacial score (nSPS) is 11.9. The maximum absolute atomic E-state index is 12.1. The van der Waals surface area contributed by atoms with Crippen molar-refractivity contribution in [2.45, 2.75) is 12.8 Å². The quantitative estimate of drug-likeness (QED) is 0.533. The third kappa shape index (κ3) is 2.65. The highest BCUT2D eigenvalue weighted by Gasteiger charge is 2.20. The number of methoxy groups -OCH3 is 1. The van der Waals surface area contributed by atoms with Gasteiger partial charge in [-0.2, -0.15) is 0 Å². The minimum absolute atomic E-state index is 0.0118. The molecule has 0 amide bonds. The Labute approximate surface area is 123 Å². The van der Waals surface area contributed by atoms with Gasteiger partial charge in [-0.15, -0.1) is 0 Å². The standard InChI is InChI=1S/C18H16O3/c1-21-11-15(19)10-18(20)13-6-7-17-14(9-13)8-12-4-2-3-5-16(12)17/h2-7,9H,8,10-11H2,1H3. The zero-order valence-corrected chi connectivity index (χ0v) is 11.9. The number of fused-ring (bicyclic) bond motifs is 3. The van der Waals surface area contributed by atoms with Gasteiger partial charge in [0.2, 0.25) is 0 Å². The van der Waals surface area contributed by atoms with E-state index < -0.39 is 0 Å². The van der Waals surface area contributed by atoms with Gasteiger partial charge in [-0.3, -0.25) is 9.59 Å². The monoisotopic (exact) mass is 280 g/mol. The Morgan fingerprint density at radius 2 is 1.81 bits per heavy atom. The fraction of sp³-hybridized carbons (Fsp3) is 0.222. The van der Waals surface area contributed by atoms with Crippen molar-refractivity contribution in [1.29, 1.82) is 0 Å². The third-order valence-electron chi connectivity index (χ3n) is 3.78. The third-order valence-corrected chi connectivity index (χ3v) is 3.78. The molecule has 1 aliphatic rings. The molecule has 1 aliphatic carbocycles. The molecule has 21 heavy (non-hydrogen) atoms. The molecule has 2 aromatic carbocycles. The number of benzene rings is 2. The van der Waals surface area contributed by atoms with Gasteiger partial charge >= 0.3 is 0 Å². The first-order chi connectivity index (χ1) is 10.2. The van der Waals surface area contributed by atoms with Gasteiger partial charge < -0.3 is 4.74 Å². The van der Waals surface area contributed by atoms with E-state index in [0.717, 1.165) is 12.0 Å². The van der Waals surface area contributed by atoms with Crippen LogP contribution < -0.4 is 0 Å². The van der Waals surface area contributed by atoms with Crippen molar-refractivity contribution in [1.82, 2.24) is 0 Å². The molecule has 0 saturated heterocycles. The van der Waals surface area contributed by atoms with Crippen molar-refractivity contribution in [3.63, 3.8) is 0 Å². The number of rotatable bonds is 5. The van der Waals surface area contributed by atoms with Gasteiger partial charge in [-0.05, 0) is 34.7 Å². The Hall–Kier alpha value is -2.26. The lowest BCUT2D eigenvalue weighted by atomic mass is 9.99. The molecule has 0 N–H and O–H groups in total. The number of ketones is 2. The Balaban J connectivity index is 1.84. The van der Waals surface area contributed by atoms with Gasteiger partial charge in [0.05, 0.1) is 6.42 Å². The van der Waals surface area contributed by atoms with Crippen LogP contribution in [-0.4, -0.2) is 25.3 Å². The van der Waals surface area contributed by atoms with Crippen molar-refractivity contribution in [3.8, 4) is 11.1 Å². The Morgan fingerprint density at radius 3 is 2.62 bits per heavy atom. The predicted octanol–water partition coefficient (Wildman–Crippen LogP) is 3.05. The number of Topliss-reactive ketones (excluding diaryl/α,β-unsaturated/α-hetero) is 2. The lowest BCUT2D eigenvalue weighted by molar-refractivity contribution is -0.121. The molecule has 0 heterocycles. The SMILES string of the molecule is COCC(=O)CC(=O)c1ccc2c(c1)Cc1ccccc1-2. The minimum atomic E-state index is -0.189. The van der Waals surface area contributed by atoms with Crippen LogP contribution in [0.25, 0.3) is 11.1 Å². The average molecular weight is 280 g/mol. The van der Waals surface area contributed by atoms with Crippen LogP contribution in [0, 0.1) is 0 Å². The van der Waals surface area contributed by atoms with E-state index >= 15 is 0 Å². The number of carbonyl (C=O) groups is 2. The minimum Gasteiger partial charge on any atom is -0.377 e. The molecule has 0 unspecified atom stereocenters. The zero-order chi connectivity index (χ0) is 14.8. The highest BCUT2D eigenvalue weighted by atomic mass is 16.5. The summed E-state index contributed by atoms with van der Waals surface area (Å²) < 4.78 is 4.75. The van der Waals surface area contributed by atoms with Crippen LogP contribution in [0.4, 0.5) is 0 Å². The maximum Gasteiger partial charge on any atom is 0.170 e. The molecule has 3 rings (SSSR count). The van der Waals surface area contributed by atoms with Crippen molar-refractivity contribution in [2.75, 3.05) is 13.7 Å². The van der Waals surface area contributed by atoms with Crippen molar-refractivity contribution < 1.29 is 14.3 Å². The van der Waals surface area contributed by atoms with Crippen LogP contribution in [0.3, 0.4) is 0 Å². The molecule has 0 radical (unpaired) electrons. The molecular formula is C18H16O3. The van der Waals surface area contributed by atoms with E-state index in [0.29, 0.717) is 5.56 Å². The summed E-state index contributed by atoms with van der Waals surface area (Å²) in [7, 11) is 1.45. The number of ether oxygens (including phenoxy) is 1. The van der Waals surface area contributed by atoms with E-state index in [1.54, 1.807) is 0 Å². The van der Waals surface area contributed by atoms with E-state index in [1.807, 2.05) is 30.3 Å². The molecule has 3 heteroatoms. The summed E-state index contributed by atoms with van der Waals surface area (Å²) in [4.78, 5) is 23.6. The maximum atomic E-state index is 12.1. The second kappa shape index (κ2) is 5.62. The van der Waals surface area contributed by atoms with Crippen LogP contribution >= 0.6 is 0 Å². The van der Waals surface area contributed by atoms with Gasteiger partial charge in [0, 0.05) is 12.7 Å². The van der Waals surface area contributed by atoms with E-state index in [2.05, 4.69) is 12.1 Å². The Morgan fingerprint density at radius 1 is 1.05 bits per heavy atom. The van der Waals surface area contributed by atoms with Crippen LogP contribution in [-0.2, 0) is 16.0 Å². The lowest BCUT2D eigenvalue weighted by Crippen LogP contribution is -2.13. The van der Waals surface area contributed by atoms with Crippen LogP contribution in [0.5, 0.6) is 0 Å². The molecule has 0 saturated carbocycles. The van der Waals surface area contributed by atoms with E-state index in [9.17, 15) is 9.59 Å². The van der Waals surface area contributed by atoms with E-state index in [4.69, 9.17) is 4.74 Å². The molecule has 0 aliphatic heterocycles. The Kier molecular flexibility index (Phi) is 3.67. The molecule has 2 aromatic rings. The zero-order valence-electron chi connectivity index (χ0n) is 11.9. The summed E-state index contributed by atoms with van der Waals surface area (Å²) in [6.45, 7) is -0.0118. The summed E-state index contributed by atoms with van der Waals surface area (Å²) in [6.07, 6.45) is 0.748. The van der Waals surface area contributed by atoms with Crippen LogP contribution in [0.15, 0.2) is 42.5 Å². The molecule has 106 valence electrons. The smallest absolute Gasteiger partial charge is 0.170 e. The fourth-order valence-electron chi connectivity index (χ4n) is 2.81. The molecule has 0 atom stereocenters. The predicted molar refractivity (Wildman–Crippen MR) is 80.5 cm³/mol. The first kappa shape index (κ1) is 13.7. The molecular weight excluding hydrogens is 264 g/mol.